The number of benzene rings is 1. The number of piperazine rings is 1. The quantitative estimate of drug-likeness (QED) is 0.723. The maximum absolute atomic E-state index is 12.2. The molecular weight excluding hydrogens is 286 g/mol. The SMILES string of the molecule is CC(C)C(CC(=O)NCCCN1CCNCC1)c1ccccc1. The van der Waals surface area contributed by atoms with Crippen molar-refractivity contribution in [1.29, 1.82) is 0 Å². The maximum atomic E-state index is 12.2. The number of rotatable bonds is 8. The van der Waals surface area contributed by atoms with Crippen LogP contribution in [0, 0.1) is 5.92 Å². The zero-order valence-corrected chi connectivity index (χ0v) is 14.6. The van der Waals surface area contributed by atoms with E-state index in [1.165, 1.54) is 5.56 Å². The number of nitrogens with zero attached hydrogens (tertiary/aromatic N) is 1. The molecule has 1 aromatic rings. The fraction of sp³-hybridized carbons (Fsp3) is 0.632. The van der Waals surface area contributed by atoms with Crippen molar-refractivity contribution >= 4 is 5.91 Å². The molecule has 2 N–H and O–H groups in total. The van der Waals surface area contributed by atoms with Gasteiger partial charge in [-0.25, -0.2) is 0 Å². The van der Waals surface area contributed by atoms with Gasteiger partial charge in [0, 0.05) is 39.1 Å². The second kappa shape index (κ2) is 9.68. The van der Waals surface area contributed by atoms with Crippen LogP contribution in [0.25, 0.3) is 0 Å². The van der Waals surface area contributed by atoms with Crippen LogP contribution < -0.4 is 10.6 Å². The highest BCUT2D eigenvalue weighted by Crippen LogP contribution is 2.27. The van der Waals surface area contributed by atoms with E-state index in [0.717, 1.165) is 45.7 Å². The molecule has 0 saturated carbocycles. The predicted octanol–water partition coefficient (Wildman–Crippen LogP) is 2.23. The molecule has 1 heterocycles. The third-order valence-electron chi connectivity index (χ3n) is 4.62. The molecule has 0 aliphatic carbocycles. The summed E-state index contributed by atoms with van der Waals surface area (Å²) in [5, 5.41) is 6.46. The summed E-state index contributed by atoms with van der Waals surface area (Å²) in [6.45, 7) is 10.6. The van der Waals surface area contributed by atoms with Crippen LogP contribution in [0.3, 0.4) is 0 Å². The van der Waals surface area contributed by atoms with Gasteiger partial charge in [0.15, 0.2) is 0 Å². The van der Waals surface area contributed by atoms with Gasteiger partial charge in [0.2, 0.25) is 5.91 Å². The molecule has 1 saturated heterocycles. The third kappa shape index (κ3) is 6.32. The first kappa shape index (κ1) is 18.0. The summed E-state index contributed by atoms with van der Waals surface area (Å²) in [7, 11) is 0. The van der Waals surface area contributed by atoms with Gasteiger partial charge in [-0.15, -0.1) is 0 Å². The lowest BCUT2D eigenvalue weighted by atomic mass is 9.85. The molecule has 23 heavy (non-hydrogen) atoms. The Kier molecular flexibility index (Phi) is 7.56. The van der Waals surface area contributed by atoms with E-state index in [-0.39, 0.29) is 5.91 Å². The van der Waals surface area contributed by atoms with Gasteiger partial charge in [0.25, 0.3) is 0 Å². The van der Waals surface area contributed by atoms with Crippen molar-refractivity contribution < 1.29 is 4.79 Å². The highest BCUT2D eigenvalue weighted by atomic mass is 16.1. The molecular formula is C19H31N3O. The Morgan fingerprint density at radius 3 is 2.57 bits per heavy atom. The van der Waals surface area contributed by atoms with Crippen LogP contribution >= 0.6 is 0 Å². The van der Waals surface area contributed by atoms with Gasteiger partial charge < -0.3 is 15.5 Å². The second-order valence-electron chi connectivity index (χ2n) is 6.76. The van der Waals surface area contributed by atoms with Crippen LogP contribution in [-0.2, 0) is 4.79 Å². The van der Waals surface area contributed by atoms with Crippen molar-refractivity contribution in [2.75, 3.05) is 39.3 Å². The lowest BCUT2D eigenvalue weighted by Gasteiger charge is -2.27. The first-order chi connectivity index (χ1) is 11.2. The molecule has 2 rings (SSSR count). The van der Waals surface area contributed by atoms with Gasteiger partial charge in [-0.3, -0.25) is 4.79 Å². The zero-order valence-electron chi connectivity index (χ0n) is 14.6. The Morgan fingerprint density at radius 2 is 1.91 bits per heavy atom. The number of nitrogens with one attached hydrogen (secondary N) is 2. The van der Waals surface area contributed by atoms with E-state index >= 15 is 0 Å². The maximum Gasteiger partial charge on any atom is 0.220 e. The largest absolute Gasteiger partial charge is 0.356 e. The fourth-order valence-corrected chi connectivity index (χ4v) is 3.18. The molecule has 4 nitrogen and oxygen atoms in total. The standard InChI is InChI=1S/C19H31N3O/c1-16(2)18(17-7-4-3-5-8-17)15-19(23)21-9-6-12-22-13-10-20-11-14-22/h3-5,7-8,16,18,20H,6,9-15H2,1-2H3,(H,21,23). The summed E-state index contributed by atoms with van der Waals surface area (Å²) in [5.74, 6) is 0.932. The Morgan fingerprint density at radius 1 is 1.22 bits per heavy atom. The van der Waals surface area contributed by atoms with E-state index in [1.807, 2.05) is 6.07 Å². The molecule has 0 aromatic heterocycles. The summed E-state index contributed by atoms with van der Waals surface area (Å²) in [4.78, 5) is 14.7. The molecule has 1 aromatic carbocycles. The molecule has 128 valence electrons. The molecule has 0 spiro atoms. The van der Waals surface area contributed by atoms with Crippen molar-refractivity contribution in [1.82, 2.24) is 15.5 Å². The van der Waals surface area contributed by atoms with E-state index < -0.39 is 0 Å². The number of carbonyl (C=O) groups is 1. The summed E-state index contributed by atoms with van der Waals surface area (Å²) in [6.07, 6.45) is 1.61. The first-order valence-electron chi connectivity index (χ1n) is 8.91. The molecule has 0 bridgehead atoms. The number of amides is 1. The van der Waals surface area contributed by atoms with Crippen LogP contribution in [0.2, 0.25) is 0 Å². The average Bonchev–Trinajstić information content (AvgIpc) is 2.58. The van der Waals surface area contributed by atoms with Gasteiger partial charge in [-0.05, 0) is 30.4 Å². The van der Waals surface area contributed by atoms with E-state index in [0.29, 0.717) is 18.3 Å². The van der Waals surface area contributed by atoms with Gasteiger partial charge in [0.05, 0.1) is 0 Å². The van der Waals surface area contributed by atoms with Crippen molar-refractivity contribution in [3.05, 3.63) is 35.9 Å². The average molecular weight is 317 g/mol. The topological polar surface area (TPSA) is 44.4 Å². The Balaban J connectivity index is 1.70. The highest BCUT2D eigenvalue weighted by molar-refractivity contribution is 5.76. The minimum absolute atomic E-state index is 0.174. The highest BCUT2D eigenvalue weighted by Gasteiger charge is 2.19. The molecule has 4 heteroatoms. The summed E-state index contributed by atoms with van der Waals surface area (Å²) >= 11 is 0. The molecule has 1 fully saturated rings. The lowest BCUT2D eigenvalue weighted by molar-refractivity contribution is -0.121. The smallest absolute Gasteiger partial charge is 0.220 e. The predicted molar refractivity (Wildman–Crippen MR) is 95.6 cm³/mol. The van der Waals surface area contributed by atoms with E-state index in [4.69, 9.17) is 0 Å². The number of carbonyl (C=O) groups excluding carboxylic acids is 1. The van der Waals surface area contributed by atoms with Crippen LogP contribution in [0.15, 0.2) is 30.3 Å². The monoisotopic (exact) mass is 317 g/mol. The minimum atomic E-state index is 0.174. The summed E-state index contributed by atoms with van der Waals surface area (Å²) in [6, 6.07) is 10.4. The van der Waals surface area contributed by atoms with Crippen molar-refractivity contribution in [2.24, 2.45) is 5.92 Å². The van der Waals surface area contributed by atoms with Crippen LogP contribution in [0.1, 0.15) is 38.2 Å². The molecule has 1 unspecified atom stereocenters. The number of hydrogen-bond donors (Lipinski definition) is 2. The van der Waals surface area contributed by atoms with Crippen LogP contribution in [0.4, 0.5) is 0 Å². The van der Waals surface area contributed by atoms with E-state index in [9.17, 15) is 4.79 Å². The van der Waals surface area contributed by atoms with Crippen molar-refractivity contribution in [3.63, 3.8) is 0 Å². The summed E-state index contributed by atoms with van der Waals surface area (Å²) < 4.78 is 0. The molecule has 1 aliphatic heterocycles. The molecule has 0 radical (unpaired) electrons. The third-order valence-corrected chi connectivity index (χ3v) is 4.62. The zero-order chi connectivity index (χ0) is 16.5. The Bertz CT molecular complexity index is 455. The van der Waals surface area contributed by atoms with Gasteiger partial charge in [-0.2, -0.15) is 0 Å². The first-order valence-corrected chi connectivity index (χ1v) is 8.91. The summed E-state index contributed by atoms with van der Waals surface area (Å²) in [5.41, 5.74) is 1.26. The van der Waals surface area contributed by atoms with E-state index in [1.54, 1.807) is 0 Å². The Labute approximate surface area is 140 Å². The van der Waals surface area contributed by atoms with Crippen LogP contribution in [0.5, 0.6) is 0 Å². The minimum Gasteiger partial charge on any atom is -0.356 e. The molecule has 1 atom stereocenters. The molecule has 1 aliphatic rings. The lowest BCUT2D eigenvalue weighted by Crippen LogP contribution is -2.44. The van der Waals surface area contributed by atoms with Crippen LogP contribution in [-0.4, -0.2) is 50.1 Å². The van der Waals surface area contributed by atoms with Gasteiger partial charge in [-0.1, -0.05) is 44.2 Å². The van der Waals surface area contributed by atoms with E-state index in [2.05, 4.69) is 53.6 Å². The van der Waals surface area contributed by atoms with Gasteiger partial charge >= 0.3 is 0 Å². The van der Waals surface area contributed by atoms with Crippen molar-refractivity contribution in [3.8, 4) is 0 Å². The number of hydrogen-bond acceptors (Lipinski definition) is 3. The van der Waals surface area contributed by atoms with Gasteiger partial charge in [0.1, 0.15) is 0 Å². The fourth-order valence-electron chi connectivity index (χ4n) is 3.18. The van der Waals surface area contributed by atoms with Crippen molar-refractivity contribution in [2.45, 2.75) is 32.6 Å². The normalized spacial score (nSPS) is 17.2. The Hall–Kier alpha value is -1.39. The molecule has 1 amide bonds. The second-order valence-corrected chi connectivity index (χ2v) is 6.76.